The molecule has 0 aromatic heterocycles. The molecule has 0 heterocycles. The van der Waals surface area contributed by atoms with Crippen LogP contribution in [-0.4, -0.2) is 25.1 Å². The van der Waals surface area contributed by atoms with Gasteiger partial charge in [-0.2, -0.15) is 0 Å². The summed E-state index contributed by atoms with van der Waals surface area (Å²) in [5, 5.41) is 13.4. The molecule has 1 aromatic carbocycles. The van der Waals surface area contributed by atoms with Crippen molar-refractivity contribution in [1.82, 2.24) is 5.32 Å². The largest absolute Gasteiger partial charge is 0.543 e. The second-order valence-electron chi connectivity index (χ2n) is 5.43. The molecule has 0 bridgehead atoms. The second-order valence-corrected chi connectivity index (χ2v) is 5.43. The molecule has 1 aliphatic rings. The molecule has 0 aliphatic heterocycles. The van der Waals surface area contributed by atoms with Crippen LogP contribution >= 0.6 is 0 Å². The number of benzene rings is 1. The number of carbonyl (C=O) groups is 2. The quantitative estimate of drug-likeness (QED) is 0.797. The van der Waals surface area contributed by atoms with Gasteiger partial charge < -0.3 is 24.7 Å². The summed E-state index contributed by atoms with van der Waals surface area (Å²) in [7, 11) is 1.49. The standard InChI is InChI=1S/C17H21NO5/c1-11(19)18-14(17(20)21)10-12-6-5-9-15(16(12)22-2)23-13-7-3-4-8-13/h5-6,9-10,13H,3-4,7-8H2,1-2H3,(H,18,19)(H,20,21)/p-1/b14-10-. The number of nitrogens with one attached hydrogen (secondary N) is 1. The van der Waals surface area contributed by atoms with Crippen LogP contribution in [0.25, 0.3) is 6.08 Å². The molecule has 23 heavy (non-hydrogen) atoms. The molecule has 2 rings (SSSR count). The maximum absolute atomic E-state index is 11.1. The van der Waals surface area contributed by atoms with Crippen molar-refractivity contribution in [2.75, 3.05) is 7.11 Å². The first-order valence-corrected chi connectivity index (χ1v) is 7.55. The van der Waals surface area contributed by atoms with E-state index in [4.69, 9.17) is 9.47 Å². The van der Waals surface area contributed by atoms with Gasteiger partial charge in [0.15, 0.2) is 11.5 Å². The molecule has 1 aromatic rings. The summed E-state index contributed by atoms with van der Waals surface area (Å²) >= 11 is 0. The number of amides is 1. The number of carbonyl (C=O) groups excluding carboxylic acids is 2. The summed E-state index contributed by atoms with van der Waals surface area (Å²) in [6.45, 7) is 1.23. The van der Waals surface area contributed by atoms with Gasteiger partial charge in [0, 0.05) is 12.5 Å². The predicted molar refractivity (Wildman–Crippen MR) is 82.7 cm³/mol. The molecular formula is C17H20NO5-. The molecule has 0 atom stereocenters. The summed E-state index contributed by atoms with van der Waals surface area (Å²) < 4.78 is 11.3. The molecule has 1 N–H and O–H groups in total. The van der Waals surface area contributed by atoms with E-state index < -0.39 is 11.9 Å². The number of methoxy groups -OCH3 is 1. The summed E-state index contributed by atoms with van der Waals surface area (Å²) in [6, 6.07) is 5.22. The maximum atomic E-state index is 11.1. The lowest BCUT2D eigenvalue weighted by Gasteiger charge is -2.18. The first-order chi connectivity index (χ1) is 11.0. The Morgan fingerprint density at radius 1 is 1.30 bits per heavy atom. The van der Waals surface area contributed by atoms with E-state index in [0.717, 1.165) is 25.7 Å². The van der Waals surface area contributed by atoms with E-state index in [2.05, 4.69) is 5.32 Å². The van der Waals surface area contributed by atoms with Gasteiger partial charge in [-0.1, -0.05) is 12.1 Å². The zero-order valence-electron chi connectivity index (χ0n) is 13.3. The topological polar surface area (TPSA) is 87.7 Å². The maximum Gasteiger partial charge on any atom is 0.221 e. The molecule has 0 unspecified atom stereocenters. The third-order valence-electron chi connectivity index (χ3n) is 3.64. The van der Waals surface area contributed by atoms with Crippen molar-refractivity contribution >= 4 is 18.0 Å². The minimum atomic E-state index is -1.47. The van der Waals surface area contributed by atoms with Gasteiger partial charge in [0.05, 0.1) is 24.9 Å². The number of aliphatic carboxylic acids is 1. The van der Waals surface area contributed by atoms with Crippen LogP contribution in [0.4, 0.5) is 0 Å². The van der Waals surface area contributed by atoms with Gasteiger partial charge in [-0.05, 0) is 37.8 Å². The van der Waals surface area contributed by atoms with Crippen LogP contribution in [0.15, 0.2) is 23.9 Å². The third-order valence-corrected chi connectivity index (χ3v) is 3.64. The van der Waals surface area contributed by atoms with Crippen LogP contribution < -0.4 is 19.9 Å². The van der Waals surface area contributed by atoms with Crippen LogP contribution in [0.2, 0.25) is 0 Å². The number of hydrogen-bond acceptors (Lipinski definition) is 5. The molecule has 1 aliphatic carbocycles. The SMILES string of the molecule is COc1c(/C=C(\NC(C)=O)C(=O)[O-])cccc1OC1CCCC1. The lowest BCUT2D eigenvalue weighted by atomic mass is 10.1. The number of carboxylic acid groups (broad SMARTS) is 1. The molecule has 6 nitrogen and oxygen atoms in total. The van der Waals surface area contributed by atoms with Crippen LogP contribution in [0.1, 0.15) is 38.2 Å². The van der Waals surface area contributed by atoms with E-state index in [1.54, 1.807) is 18.2 Å². The number of para-hydroxylation sites is 1. The van der Waals surface area contributed by atoms with Crippen molar-refractivity contribution in [1.29, 1.82) is 0 Å². The fourth-order valence-electron chi connectivity index (χ4n) is 2.63. The van der Waals surface area contributed by atoms with Crippen molar-refractivity contribution < 1.29 is 24.2 Å². The van der Waals surface area contributed by atoms with Gasteiger partial charge in [-0.3, -0.25) is 4.79 Å². The van der Waals surface area contributed by atoms with Crippen molar-refractivity contribution in [3.05, 3.63) is 29.5 Å². The zero-order chi connectivity index (χ0) is 16.8. The van der Waals surface area contributed by atoms with E-state index in [-0.39, 0.29) is 11.8 Å². The number of carboxylic acids is 1. The summed E-state index contributed by atoms with van der Waals surface area (Å²) in [6.07, 6.45) is 5.74. The molecule has 1 saturated carbocycles. The van der Waals surface area contributed by atoms with Crippen LogP contribution in [0.3, 0.4) is 0 Å². The van der Waals surface area contributed by atoms with Crippen LogP contribution in [-0.2, 0) is 9.59 Å². The van der Waals surface area contributed by atoms with Gasteiger partial charge in [0.2, 0.25) is 5.91 Å². The molecular weight excluding hydrogens is 298 g/mol. The Hall–Kier alpha value is -2.50. The average Bonchev–Trinajstić information content (AvgIpc) is 2.99. The number of hydrogen-bond donors (Lipinski definition) is 1. The van der Waals surface area contributed by atoms with Crippen molar-refractivity contribution in [3.8, 4) is 11.5 Å². The molecule has 124 valence electrons. The Bertz CT molecular complexity index is 617. The minimum absolute atomic E-state index is 0.152. The minimum Gasteiger partial charge on any atom is -0.543 e. The lowest BCUT2D eigenvalue weighted by molar-refractivity contribution is -0.299. The summed E-state index contributed by atoms with van der Waals surface area (Å²) in [5.74, 6) is -0.959. The first kappa shape index (κ1) is 16.9. The Kier molecular flexibility index (Phi) is 5.62. The van der Waals surface area contributed by atoms with Crippen molar-refractivity contribution in [3.63, 3.8) is 0 Å². The lowest BCUT2D eigenvalue weighted by Crippen LogP contribution is -2.34. The first-order valence-electron chi connectivity index (χ1n) is 7.55. The Labute approximate surface area is 135 Å². The molecule has 0 radical (unpaired) electrons. The van der Waals surface area contributed by atoms with Gasteiger partial charge in [-0.15, -0.1) is 0 Å². The molecule has 1 fully saturated rings. The van der Waals surface area contributed by atoms with E-state index in [1.165, 1.54) is 20.1 Å². The highest BCUT2D eigenvalue weighted by Gasteiger charge is 2.19. The summed E-state index contributed by atoms with van der Waals surface area (Å²) in [5.41, 5.74) is 0.171. The predicted octanol–water partition coefficient (Wildman–Crippen LogP) is 1.24. The number of rotatable bonds is 6. The Morgan fingerprint density at radius 3 is 2.57 bits per heavy atom. The monoisotopic (exact) mass is 318 g/mol. The molecule has 0 saturated heterocycles. The van der Waals surface area contributed by atoms with E-state index >= 15 is 0 Å². The normalized spacial score (nSPS) is 15.3. The van der Waals surface area contributed by atoms with E-state index in [9.17, 15) is 14.7 Å². The Balaban J connectivity index is 2.33. The third kappa shape index (κ3) is 4.48. The van der Waals surface area contributed by atoms with Gasteiger partial charge in [0.25, 0.3) is 0 Å². The smallest absolute Gasteiger partial charge is 0.221 e. The van der Waals surface area contributed by atoms with Crippen molar-refractivity contribution in [2.45, 2.75) is 38.7 Å². The van der Waals surface area contributed by atoms with Gasteiger partial charge in [-0.25, -0.2) is 0 Å². The van der Waals surface area contributed by atoms with Crippen LogP contribution in [0, 0.1) is 0 Å². The van der Waals surface area contributed by atoms with Gasteiger partial charge in [0.1, 0.15) is 0 Å². The highest BCUT2D eigenvalue weighted by Crippen LogP contribution is 2.35. The van der Waals surface area contributed by atoms with E-state index in [1.807, 2.05) is 0 Å². The molecule has 6 heteroatoms. The molecule has 1 amide bonds. The number of ether oxygens (including phenoxy) is 2. The second kappa shape index (κ2) is 7.67. The van der Waals surface area contributed by atoms with Crippen molar-refractivity contribution in [2.24, 2.45) is 0 Å². The highest BCUT2D eigenvalue weighted by atomic mass is 16.5. The average molecular weight is 318 g/mol. The highest BCUT2D eigenvalue weighted by molar-refractivity contribution is 5.95. The zero-order valence-corrected chi connectivity index (χ0v) is 13.3. The van der Waals surface area contributed by atoms with E-state index in [0.29, 0.717) is 17.1 Å². The summed E-state index contributed by atoms with van der Waals surface area (Å²) in [4.78, 5) is 22.2. The molecule has 0 spiro atoms. The Morgan fingerprint density at radius 2 is 2.00 bits per heavy atom. The fourth-order valence-corrected chi connectivity index (χ4v) is 2.63. The fraction of sp³-hybridized carbons (Fsp3) is 0.412. The van der Waals surface area contributed by atoms with Crippen LogP contribution in [0.5, 0.6) is 11.5 Å². The van der Waals surface area contributed by atoms with Gasteiger partial charge >= 0.3 is 0 Å².